The van der Waals surface area contributed by atoms with Gasteiger partial charge < -0.3 is 14.8 Å². The number of aryl methyl sites for hydroxylation is 1. The summed E-state index contributed by atoms with van der Waals surface area (Å²) in [6.07, 6.45) is 0.226. The second-order valence-electron chi connectivity index (χ2n) is 5.32. The first-order valence-electron chi connectivity index (χ1n) is 7.62. The van der Waals surface area contributed by atoms with Crippen LogP contribution >= 0.6 is 11.3 Å². The fourth-order valence-electron chi connectivity index (χ4n) is 2.18. The molecule has 5 nitrogen and oxygen atoms in total. The molecule has 2 aromatic rings. The maximum absolute atomic E-state index is 12.1. The Morgan fingerprint density at radius 1 is 1.17 bits per heavy atom. The summed E-state index contributed by atoms with van der Waals surface area (Å²) in [5.41, 5.74) is 2.33. The number of methoxy groups -OCH3 is 1. The maximum atomic E-state index is 12.1. The van der Waals surface area contributed by atoms with Crippen LogP contribution in [-0.4, -0.2) is 25.6 Å². The van der Waals surface area contributed by atoms with Gasteiger partial charge in [0, 0.05) is 4.88 Å². The van der Waals surface area contributed by atoms with Crippen molar-refractivity contribution in [3.63, 3.8) is 0 Å². The molecule has 0 saturated carbocycles. The molecule has 0 unspecified atom stereocenters. The van der Waals surface area contributed by atoms with Crippen molar-refractivity contribution in [1.29, 1.82) is 0 Å². The van der Waals surface area contributed by atoms with E-state index in [4.69, 9.17) is 9.47 Å². The number of carbonyl (C=O) groups is 2. The molecule has 0 saturated heterocycles. The second-order valence-corrected chi connectivity index (χ2v) is 6.54. The van der Waals surface area contributed by atoms with Gasteiger partial charge in [-0.2, -0.15) is 0 Å². The smallest absolute Gasteiger partial charge is 0.341 e. The summed E-state index contributed by atoms with van der Waals surface area (Å²) in [4.78, 5) is 24.9. The third-order valence-electron chi connectivity index (χ3n) is 3.61. The Bertz CT molecular complexity index is 709. The van der Waals surface area contributed by atoms with E-state index in [2.05, 4.69) is 5.32 Å². The standard InChI is InChI=1S/C18H21NO4S/c1-12-13(2)24-17(16(12)18(21)22-3)19-15(20)9-10-23-11-14-7-5-4-6-8-14/h4-8H,9-11H2,1-3H3,(H,19,20). The predicted molar refractivity (Wildman–Crippen MR) is 94.5 cm³/mol. The van der Waals surface area contributed by atoms with Gasteiger partial charge in [0.1, 0.15) is 5.00 Å². The molecular weight excluding hydrogens is 326 g/mol. The summed E-state index contributed by atoms with van der Waals surface area (Å²) < 4.78 is 10.3. The van der Waals surface area contributed by atoms with E-state index in [1.165, 1.54) is 18.4 Å². The van der Waals surface area contributed by atoms with Crippen molar-refractivity contribution in [2.45, 2.75) is 26.9 Å². The number of rotatable bonds is 7. The SMILES string of the molecule is COC(=O)c1c(NC(=O)CCOCc2ccccc2)sc(C)c1C. The average molecular weight is 347 g/mol. The summed E-state index contributed by atoms with van der Waals surface area (Å²) in [5, 5.41) is 3.32. The molecule has 1 N–H and O–H groups in total. The molecule has 0 spiro atoms. The molecule has 0 bridgehead atoms. The van der Waals surface area contributed by atoms with Crippen molar-refractivity contribution >= 4 is 28.2 Å². The van der Waals surface area contributed by atoms with E-state index in [-0.39, 0.29) is 12.3 Å². The summed E-state index contributed by atoms with van der Waals surface area (Å²) >= 11 is 1.38. The van der Waals surface area contributed by atoms with Crippen LogP contribution in [0, 0.1) is 13.8 Å². The highest BCUT2D eigenvalue weighted by atomic mass is 32.1. The van der Waals surface area contributed by atoms with E-state index in [1.54, 1.807) is 0 Å². The fraction of sp³-hybridized carbons (Fsp3) is 0.333. The van der Waals surface area contributed by atoms with Gasteiger partial charge in [0.15, 0.2) is 0 Å². The molecule has 2 rings (SSSR count). The lowest BCUT2D eigenvalue weighted by Gasteiger charge is -2.07. The number of thiophene rings is 1. The predicted octanol–water partition coefficient (Wildman–Crippen LogP) is 3.70. The Morgan fingerprint density at radius 3 is 2.54 bits per heavy atom. The van der Waals surface area contributed by atoms with E-state index in [9.17, 15) is 9.59 Å². The Balaban J connectivity index is 1.86. The van der Waals surface area contributed by atoms with Gasteiger partial charge in [-0.3, -0.25) is 4.79 Å². The first-order chi connectivity index (χ1) is 11.5. The number of ether oxygens (including phenoxy) is 2. The Hall–Kier alpha value is -2.18. The van der Waals surface area contributed by atoms with Crippen molar-refractivity contribution in [2.24, 2.45) is 0 Å². The number of carbonyl (C=O) groups excluding carboxylic acids is 2. The number of hydrogen-bond donors (Lipinski definition) is 1. The number of benzene rings is 1. The molecule has 0 fully saturated rings. The normalized spacial score (nSPS) is 10.5. The first kappa shape index (κ1) is 18.2. The van der Waals surface area contributed by atoms with Gasteiger partial charge in [-0.1, -0.05) is 30.3 Å². The molecule has 24 heavy (non-hydrogen) atoms. The van der Waals surface area contributed by atoms with E-state index >= 15 is 0 Å². The number of esters is 1. The van der Waals surface area contributed by atoms with Crippen molar-refractivity contribution in [3.05, 3.63) is 51.9 Å². The molecule has 6 heteroatoms. The van der Waals surface area contributed by atoms with Crippen LogP contribution in [0.15, 0.2) is 30.3 Å². The highest BCUT2D eigenvalue weighted by Gasteiger charge is 2.21. The zero-order valence-corrected chi connectivity index (χ0v) is 14.9. The van der Waals surface area contributed by atoms with Crippen molar-refractivity contribution in [3.8, 4) is 0 Å². The molecule has 1 amide bonds. The van der Waals surface area contributed by atoms with Gasteiger partial charge in [-0.15, -0.1) is 11.3 Å². The summed E-state index contributed by atoms with van der Waals surface area (Å²) in [6, 6.07) is 9.78. The van der Waals surface area contributed by atoms with Gasteiger partial charge in [-0.05, 0) is 25.0 Å². The van der Waals surface area contributed by atoms with Crippen LogP contribution in [0.25, 0.3) is 0 Å². The molecule has 0 atom stereocenters. The highest BCUT2D eigenvalue weighted by molar-refractivity contribution is 7.16. The molecule has 1 aromatic heterocycles. The number of nitrogens with one attached hydrogen (secondary N) is 1. The van der Waals surface area contributed by atoms with Gasteiger partial charge in [0.25, 0.3) is 0 Å². The minimum absolute atomic E-state index is 0.186. The summed E-state index contributed by atoms with van der Waals surface area (Å²) in [6.45, 7) is 4.54. The van der Waals surface area contributed by atoms with E-state index in [1.807, 2.05) is 44.2 Å². The average Bonchev–Trinajstić information content (AvgIpc) is 2.86. The van der Waals surface area contributed by atoms with Crippen LogP contribution in [0.1, 0.15) is 32.8 Å². The van der Waals surface area contributed by atoms with Crippen molar-refractivity contribution in [1.82, 2.24) is 0 Å². The van der Waals surface area contributed by atoms with E-state index in [0.717, 1.165) is 16.0 Å². The molecule has 0 radical (unpaired) electrons. The summed E-state index contributed by atoms with van der Waals surface area (Å²) in [7, 11) is 1.33. The monoisotopic (exact) mass is 347 g/mol. The van der Waals surface area contributed by atoms with Crippen LogP contribution in [0.2, 0.25) is 0 Å². The lowest BCUT2D eigenvalue weighted by atomic mass is 10.1. The summed E-state index contributed by atoms with van der Waals surface area (Å²) in [5.74, 6) is -0.623. The number of amides is 1. The van der Waals surface area contributed by atoms with Gasteiger partial charge in [0.05, 0.1) is 32.3 Å². The maximum Gasteiger partial charge on any atom is 0.341 e. The van der Waals surface area contributed by atoms with Crippen molar-refractivity contribution < 1.29 is 19.1 Å². The molecular formula is C18H21NO4S. The molecule has 128 valence electrons. The zero-order chi connectivity index (χ0) is 17.5. The number of anilines is 1. The lowest BCUT2D eigenvalue weighted by molar-refractivity contribution is -0.117. The molecule has 0 aliphatic heterocycles. The van der Waals surface area contributed by atoms with Crippen LogP contribution < -0.4 is 5.32 Å². The number of hydrogen-bond acceptors (Lipinski definition) is 5. The Kier molecular flexibility index (Phi) is 6.52. The minimum atomic E-state index is -0.438. The van der Waals surface area contributed by atoms with Crippen LogP contribution in [0.4, 0.5) is 5.00 Å². The second kappa shape index (κ2) is 8.61. The van der Waals surface area contributed by atoms with Crippen LogP contribution in [0.5, 0.6) is 0 Å². The Labute approximate surface area is 145 Å². The minimum Gasteiger partial charge on any atom is -0.465 e. The third kappa shape index (κ3) is 4.66. The van der Waals surface area contributed by atoms with Gasteiger partial charge in [-0.25, -0.2) is 4.79 Å². The molecule has 0 aliphatic rings. The largest absolute Gasteiger partial charge is 0.465 e. The quantitative estimate of drug-likeness (QED) is 0.613. The third-order valence-corrected chi connectivity index (χ3v) is 4.74. The zero-order valence-electron chi connectivity index (χ0n) is 14.0. The molecule has 1 aromatic carbocycles. The molecule has 0 aliphatic carbocycles. The Morgan fingerprint density at radius 2 is 1.88 bits per heavy atom. The lowest BCUT2D eigenvalue weighted by Crippen LogP contribution is -2.16. The molecule has 1 heterocycles. The van der Waals surface area contributed by atoms with Gasteiger partial charge >= 0.3 is 5.97 Å². The van der Waals surface area contributed by atoms with Crippen molar-refractivity contribution in [2.75, 3.05) is 19.0 Å². The first-order valence-corrected chi connectivity index (χ1v) is 8.44. The fourth-order valence-corrected chi connectivity index (χ4v) is 3.25. The topological polar surface area (TPSA) is 64.6 Å². The van der Waals surface area contributed by atoms with Crippen LogP contribution in [0.3, 0.4) is 0 Å². The van der Waals surface area contributed by atoms with E-state index in [0.29, 0.717) is 23.8 Å². The van der Waals surface area contributed by atoms with Gasteiger partial charge in [0.2, 0.25) is 5.91 Å². The highest BCUT2D eigenvalue weighted by Crippen LogP contribution is 2.32. The van der Waals surface area contributed by atoms with Crippen LogP contribution in [-0.2, 0) is 20.9 Å². The van der Waals surface area contributed by atoms with E-state index < -0.39 is 5.97 Å².